The van der Waals surface area contributed by atoms with Gasteiger partial charge >= 0.3 is 0 Å². The lowest BCUT2D eigenvalue weighted by Crippen LogP contribution is -2.21. The fourth-order valence-electron chi connectivity index (χ4n) is 2.18. The molecule has 0 radical (unpaired) electrons. The highest BCUT2D eigenvalue weighted by atomic mass is 79.9. The van der Waals surface area contributed by atoms with E-state index in [0.29, 0.717) is 16.8 Å². The van der Waals surface area contributed by atoms with E-state index in [0.717, 1.165) is 10.0 Å². The number of nitrogens with one attached hydrogen (secondary N) is 1. The normalized spacial score (nSPS) is 12.4. The van der Waals surface area contributed by atoms with E-state index in [9.17, 15) is 4.79 Å². The molecule has 5 nitrogen and oxygen atoms in total. The lowest BCUT2D eigenvalue weighted by Gasteiger charge is -2.18. The molecule has 0 aromatic heterocycles. The quantitative estimate of drug-likeness (QED) is 0.454. The van der Waals surface area contributed by atoms with Crippen LogP contribution in [0, 0.1) is 0 Å². The van der Waals surface area contributed by atoms with E-state index < -0.39 is 0 Å². The molecular formula is C19H20BrN3O2. The number of hydrazone groups is 1. The summed E-state index contributed by atoms with van der Waals surface area (Å²) in [6.07, 6.45) is 1.17. The molecule has 0 saturated heterocycles. The van der Waals surface area contributed by atoms with Crippen LogP contribution in [0.25, 0.3) is 0 Å². The highest BCUT2D eigenvalue weighted by Crippen LogP contribution is 2.22. The van der Waals surface area contributed by atoms with E-state index in [2.05, 4.69) is 52.4 Å². The average molecular weight is 402 g/mol. The molecule has 1 amide bonds. The number of carbonyl (C=O) groups is 1. The van der Waals surface area contributed by atoms with E-state index in [4.69, 9.17) is 5.21 Å². The molecule has 0 spiro atoms. The molecule has 130 valence electrons. The van der Waals surface area contributed by atoms with Crippen molar-refractivity contribution >= 4 is 33.8 Å². The number of rotatable bonds is 4. The van der Waals surface area contributed by atoms with E-state index in [1.54, 1.807) is 18.2 Å². The molecular weight excluding hydrogens is 382 g/mol. The maximum absolute atomic E-state index is 12.3. The van der Waals surface area contributed by atoms with Gasteiger partial charge in [0.15, 0.2) is 0 Å². The highest BCUT2D eigenvalue weighted by molar-refractivity contribution is 9.10. The van der Waals surface area contributed by atoms with Gasteiger partial charge in [0, 0.05) is 15.6 Å². The van der Waals surface area contributed by atoms with Crippen molar-refractivity contribution in [3.8, 4) is 0 Å². The molecule has 0 saturated carbocycles. The zero-order chi connectivity index (χ0) is 18.4. The van der Waals surface area contributed by atoms with Crippen molar-refractivity contribution in [3.05, 3.63) is 69.7 Å². The summed E-state index contributed by atoms with van der Waals surface area (Å²) in [5.41, 5.74) is 5.20. The standard InChI is InChI=1S/C19H20BrN3O2/c1-19(2,3)14-10-8-13(9-11-14)18(24)23-22-17(12-21-25)15-6-4-5-7-16(15)20/h4-12,25H,1-3H3,(H,23,24)/b21-12-,22-17+. The maximum atomic E-state index is 12.3. The van der Waals surface area contributed by atoms with E-state index in [-0.39, 0.29) is 11.3 Å². The number of amides is 1. The second-order valence-corrected chi connectivity index (χ2v) is 7.34. The van der Waals surface area contributed by atoms with Crippen molar-refractivity contribution < 1.29 is 10.0 Å². The molecule has 0 atom stereocenters. The molecule has 25 heavy (non-hydrogen) atoms. The molecule has 2 aromatic carbocycles. The molecule has 0 aliphatic heterocycles. The van der Waals surface area contributed by atoms with Crippen LogP contribution in [0.2, 0.25) is 0 Å². The van der Waals surface area contributed by atoms with Gasteiger partial charge in [0.25, 0.3) is 5.91 Å². The van der Waals surface area contributed by atoms with Gasteiger partial charge in [-0.05, 0) is 29.2 Å². The fourth-order valence-corrected chi connectivity index (χ4v) is 2.67. The zero-order valence-corrected chi connectivity index (χ0v) is 15.9. The summed E-state index contributed by atoms with van der Waals surface area (Å²) in [7, 11) is 0. The maximum Gasteiger partial charge on any atom is 0.271 e. The number of hydrogen-bond acceptors (Lipinski definition) is 4. The second kappa shape index (κ2) is 8.07. The van der Waals surface area contributed by atoms with Crippen molar-refractivity contribution in [3.63, 3.8) is 0 Å². The van der Waals surface area contributed by atoms with Crippen LogP contribution in [-0.4, -0.2) is 23.0 Å². The Morgan fingerprint density at radius 1 is 1.12 bits per heavy atom. The summed E-state index contributed by atoms with van der Waals surface area (Å²) < 4.78 is 0.775. The molecule has 2 rings (SSSR count). The Morgan fingerprint density at radius 3 is 2.32 bits per heavy atom. The Kier molecular flexibility index (Phi) is 6.09. The third-order valence-corrected chi connectivity index (χ3v) is 4.31. The van der Waals surface area contributed by atoms with Gasteiger partial charge in [0.1, 0.15) is 5.71 Å². The van der Waals surface area contributed by atoms with Crippen LogP contribution in [0.5, 0.6) is 0 Å². The Hall–Kier alpha value is -2.47. The number of nitrogens with zero attached hydrogens (tertiary/aromatic N) is 2. The summed E-state index contributed by atoms with van der Waals surface area (Å²) in [5, 5.41) is 15.9. The minimum Gasteiger partial charge on any atom is -0.411 e. The summed E-state index contributed by atoms with van der Waals surface area (Å²) in [4.78, 5) is 12.3. The van der Waals surface area contributed by atoms with Crippen molar-refractivity contribution in [1.82, 2.24) is 5.43 Å². The van der Waals surface area contributed by atoms with Crippen LogP contribution in [0.1, 0.15) is 42.3 Å². The summed E-state index contributed by atoms with van der Waals surface area (Å²) in [5.74, 6) is -0.337. The minimum atomic E-state index is -0.337. The highest BCUT2D eigenvalue weighted by Gasteiger charge is 2.14. The minimum absolute atomic E-state index is 0.0253. The lowest BCUT2D eigenvalue weighted by molar-refractivity contribution is 0.0955. The lowest BCUT2D eigenvalue weighted by atomic mass is 9.87. The Labute approximate surface area is 155 Å². The smallest absolute Gasteiger partial charge is 0.271 e. The van der Waals surface area contributed by atoms with Crippen molar-refractivity contribution in [2.45, 2.75) is 26.2 Å². The van der Waals surface area contributed by atoms with Gasteiger partial charge in [0.05, 0.1) is 6.21 Å². The summed E-state index contributed by atoms with van der Waals surface area (Å²) in [6.45, 7) is 6.35. The average Bonchev–Trinajstić information content (AvgIpc) is 2.58. The number of carbonyl (C=O) groups excluding carboxylic acids is 1. The molecule has 0 bridgehead atoms. The monoisotopic (exact) mass is 401 g/mol. The van der Waals surface area contributed by atoms with Gasteiger partial charge in [-0.3, -0.25) is 4.79 Å². The van der Waals surface area contributed by atoms with Crippen molar-refractivity contribution in [2.75, 3.05) is 0 Å². The van der Waals surface area contributed by atoms with Gasteiger partial charge in [0.2, 0.25) is 0 Å². The van der Waals surface area contributed by atoms with Crippen LogP contribution in [0.4, 0.5) is 0 Å². The van der Waals surface area contributed by atoms with Crippen molar-refractivity contribution in [1.29, 1.82) is 0 Å². The van der Waals surface area contributed by atoms with Gasteiger partial charge in [-0.1, -0.05) is 72.2 Å². The largest absolute Gasteiger partial charge is 0.411 e. The number of oxime groups is 1. The van der Waals surface area contributed by atoms with Crippen LogP contribution in [0.15, 0.2) is 63.3 Å². The predicted octanol–water partition coefficient (Wildman–Crippen LogP) is 4.34. The number of hydrogen-bond donors (Lipinski definition) is 2. The number of benzene rings is 2. The van der Waals surface area contributed by atoms with Gasteiger partial charge in [-0.2, -0.15) is 5.10 Å². The Balaban J connectivity index is 2.20. The molecule has 6 heteroatoms. The molecule has 2 N–H and O–H groups in total. The van der Waals surface area contributed by atoms with Crippen LogP contribution in [0.3, 0.4) is 0 Å². The van der Waals surface area contributed by atoms with E-state index in [1.165, 1.54) is 6.21 Å². The molecule has 0 heterocycles. The first kappa shape index (κ1) is 18.9. The van der Waals surface area contributed by atoms with Crippen molar-refractivity contribution in [2.24, 2.45) is 10.3 Å². The van der Waals surface area contributed by atoms with E-state index >= 15 is 0 Å². The third kappa shape index (κ3) is 5.00. The second-order valence-electron chi connectivity index (χ2n) is 6.49. The van der Waals surface area contributed by atoms with Gasteiger partial charge < -0.3 is 5.21 Å². The SMILES string of the molecule is CC(C)(C)c1ccc(C(=O)N/N=C(\C=N/O)c2ccccc2Br)cc1. The van der Waals surface area contributed by atoms with E-state index in [1.807, 2.05) is 30.3 Å². The number of halogens is 1. The molecule has 0 aliphatic carbocycles. The van der Waals surface area contributed by atoms with Crippen LogP contribution >= 0.6 is 15.9 Å². The summed E-state index contributed by atoms with van der Waals surface area (Å²) >= 11 is 3.41. The predicted molar refractivity (Wildman–Crippen MR) is 104 cm³/mol. The van der Waals surface area contributed by atoms with Gasteiger partial charge in [-0.15, -0.1) is 0 Å². The Morgan fingerprint density at radius 2 is 1.76 bits per heavy atom. The molecule has 0 aliphatic rings. The summed E-state index contributed by atoms with van der Waals surface area (Å²) in [6, 6.07) is 14.7. The molecule has 0 fully saturated rings. The zero-order valence-electron chi connectivity index (χ0n) is 14.3. The van der Waals surface area contributed by atoms with Crippen LogP contribution in [-0.2, 0) is 5.41 Å². The van der Waals surface area contributed by atoms with Gasteiger partial charge in [-0.25, -0.2) is 5.43 Å². The van der Waals surface area contributed by atoms with Crippen LogP contribution < -0.4 is 5.43 Å². The third-order valence-electron chi connectivity index (χ3n) is 3.62. The Bertz CT molecular complexity index is 806. The first-order valence-corrected chi connectivity index (χ1v) is 8.53. The fraction of sp³-hybridized carbons (Fsp3) is 0.211. The molecule has 0 unspecified atom stereocenters. The first-order chi connectivity index (χ1) is 11.8. The molecule has 2 aromatic rings. The first-order valence-electron chi connectivity index (χ1n) is 7.74. The topological polar surface area (TPSA) is 74.0 Å².